The maximum absolute atomic E-state index is 4.94. The first-order valence-electron chi connectivity index (χ1n) is 10.8. The molecule has 6 rings (SSSR count). The van der Waals surface area contributed by atoms with Gasteiger partial charge in [0.05, 0.1) is 5.69 Å². The highest BCUT2D eigenvalue weighted by Gasteiger charge is 2.24. The van der Waals surface area contributed by atoms with E-state index in [1.165, 1.54) is 18.5 Å². The number of anilines is 2. The van der Waals surface area contributed by atoms with Crippen molar-refractivity contribution in [2.75, 3.05) is 43.4 Å². The van der Waals surface area contributed by atoms with Gasteiger partial charge in [0.25, 0.3) is 0 Å². The van der Waals surface area contributed by atoms with Crippen LogP contribution in [0.25, 0.3) is 28.2 Å². The molecule has 8 heteroatoms. The molecular formula is C23H25N7S. The minimum atomic E-state index is 0.497. The third-order valence-electron chi connectivity index (χ3n) is 6.09. The number of imidazole rings is 1. The van der Waals surface area contributed by atoms with Crippen LogP contribution in [0, 0.1) is 0 Å². The van der Waals surface area contributed by atoms with Gasteiger partial charge in [-0.15, -0.1) is 0 Å². The van der Waals surface area contributed by atoms with E-state index >= 15 is 0 Å². The largest absolute Gasteiger partial charge is 0.369 e. The van der Waals surface area contributed by atoms with Crippen molar-refractivity contribution in [1.29, 1.82) is 0 Å². The molecule has 2 fully saturated rings. The zero-order valence-corrected chi connectivity index (χ0v) is 18.3. The third kappa shape index (κ3) is 3.66. The van der Waals surface area contributed by atoms with E-state index in [-0.39, 0.29) is 0 Å². The number of hydrogen-bond acceptors (Lipinski definition) is 7. The summed E-state index contributed by atoms with van der Waals surface area (Å²) < 4.78 is 2.05. The molecule has 158 valence electrons. The number of benzene rings is 1. The standard InChI is InChI=1S/C23H25N7S/c1-28-9-11-29(12-10-28)18-6-2-16(3-7-18)21-26-22(25-17-4-5-17)20-23(27-21)30(15-24-20)19-8-13-31-14-19/h2-3,6-8,13-15,17H,4-5,9-12H2,1H3,(H,25,26,27). The highest BCUT2D eigenvalue weighted by Crippen LogP contribution is 2.31. The summed E-state index contributed by atoms with van der Waals surface area (Å²) >= 11 is 1.67. The first-order chi connectivity index (χ1) is 15.2. The Morgan fingerprint density at radius 2 is 1.77 bits per heavy atom. The van der Waals surface area contributed by atoms with Gasteiger partial charge in [0.2, 0.25) is 0 Å². The number of fused-ring (bicyclic) bond motifs is 1. The zero-order chi connectivity index (χ0) is 20.8. The molecule has 2 aliphatic rings. The summed E-state index contributed by atoms with van der Waals surface area (Å²) in [5.74, 6) is 1.57. The second kappa shape index (κ2) is 7.62. The van der Waals surface area contributed by atoms with Gasteiger partial charge in [0, 0.05) is 48.9 Å². The summed E-state index contributed by atoms with van der Waals surface area (Å²) in [6.45, 7) is 4.33. The maximum atomic E-state index is 4.94. The smallest absolute Gasteiger partial charge is 0.170 e. The molecule has 1 saturated carbocycles. The van der Waals surface area contributed by atoms with Gasteiger partial charge in [-0.05, 0) is 55.6 Å². The molecule has 0 spiro atoms. The number of likely N-dealkylation sites (N-methyl/N-ethyl adjacent to an activating group) is 1. The Balaban J connectivity index is 1.38. The molecule has 4 aromatic rings. The molecule has 0 unspecified atom stereocenters. The van der Waals surface area contributed by atoms with Gasteiger partial charge in [0.15, 0.2) is 22.8 Å². The van der Waals surface area contributed by atoms with Crippen LogP contribution in [0.5, 0.6) is 0 Å². The lowest BCUT2D eigenvalue weighted by molar-refractivity contribution is 0.313. The SMILES string of the molecule is CN1CCN(c2ccc(-c3nc(NC4CC4)c4ncn(-c5ccsc5)c4n3)cc2)CC1. The van der Waals surface area contributed by atoms with Gasteiger partial charge in [-0.25, -0.2) is 15.0 Å². The van der Waals surface area contributed by atoms with Crippen LogP contribution >= 0.6 is 11.3 Å². The molecule has 3 aromatic heterocycles. The highest BCUT2D eigenvalue weighted by molar-refractivity contribution is 7.08. The lowest BCUT2D eigenvalue weighted by Crippen LogP contribution is -2.44. The first-order valence-corrected chi connectivity index (χ1v) is 11.8. The molecule has 1 aromatic carbocycles. The number of nitrogens with one attached hydrogen (secondary N) is 1. The molecule has 0 amide bonds. The Kier molecular flexibility index (Phi) is 4.61. The molecule has 1 aliphatic carbocycles. The van der Waals surface area contributed by atoms with Gasteiger partial charge < -0.3 is 15.1 Å². The van der Waals surface area contributed by atoms with Crippen LogP contribution in [0.2, 0.25) is 0 Å². The van der Waals surface area contributed by atoms with Gasteiger partial charge >= 0.3 is 0 Å². The number of hydrogen-bond donors (Lipinski definition) is 1. The lowest BCUT2D eigenvalue weighted by atomic mass is 10.1. The summed E-state index contributed by atoms with van der Waals surface area (Å²) in [4.78, 5) is 19.3. The minimum Gasteiger partial charge on any atom is -0.369 e. The highest BCUT2D eigenvalue weighted by atomic mass is 32.1. The van der Waals surface area contributed by atoms with E-state index in [9.17, 15) is 0 Å². The predicted octanol–water partition coefficient (Wildman–Crippen LogP) is 3.87. The van der Waals surface area contributed by atoms with Crippen molar-refractivity contribution in [3.05, 3.63) is 47.4 Å². The topological polar surface area (TPSA) is 62.1 Å². The molecular weight excluding hydrogens is 406 g/mol. The Bertz CT molecular complexity index is 1190. The molecule has 1 saturated heterocycles. The van der Waals surface area contributed by atoms with Gasteiger partial charge in [0.1, 0.15) is 6.33 Å². The van der Waals surface area contributed by atoms with Crippen molar-refractivity contribution in [3.8, 4) is 17.1 Å². The number of thiophene rings is 1. The first kappa shape index (κ1) is 18.8. The Labute approximate surface area is 185 Å². The molecule has 1 N–H and O–H groups in total. The van der Waals surface area contributed by atoms with Gasteiger partial charge in [-0.2, -0.15) is 11.3 Å². The lowest BCUT2D eigenvalue weighted by Gasteiger charge is -2.34. The van der Waals surface area contributed by atoms with Crippen LogP contribution in [0.1, 0.15) is 12.8 Å². The molecule has 31 heavy (non-hydrogen) atoms. The van der Waals surface area contributed by atoms with Crippen molar-refractivity contribution in [1.82, 2.24) is 24.4 Å². The van der Waals surface area contributed by atoms with Crippen LogP contribution in [0.15, 0.2) is 47.4 Å². The van der Waals surface area contributed by atoms with E-state index < -0.39 is 0 Å². The fourth-order valence-corrected chi connectivity index (χ4v) is 4.65. The quantitative estimate of drug-likeness (QED) is 0.518. The molecule has 4 heterocycles. The summed E-state index contributed by atoms with van der Waals surface area (Å²) in [5.41, 5.74) is 5.04. The fraction of sp³-hybridized carbons (Fsp3) is 0.348. The second-order valence-corrected chi connectivity index (χ2v) is 9.20. The number of aromatic nitrogens is 4. The number of rotatable bonds is 5. The van der Waals surface area contributed by atoms with Crippen molar-refractivity contribution >= 4 is 34.0 Å². The molecule has 0 radical (unpaired) electrons. The van der Waals surface area contributed by atoms with Crippen LogP contribution < -0.4 is 10.2 Å². The number of nitrogens with zero attached hydrogens (tertiary/aromatic N) is 6. The molecule has 1 aliphatic heterocycles. The van der Waals surface area contributed by atoms with Gasteiger partial charge in [-0.3, -0.25) is 4.57 Å². The molecule has 0 atom stereocenters. The van der Waals surface area contributed by atoms with Crippen LogP contribution in [-0.2, 0) is 0 Å². The fourth-order valence-electron chi connectivity index (χ4n) is 4.02. The average molecular weight is 432 g/mol. The van der Waals surface area contributed by atoms with E-state index in [0.717, 1.165) is 60.2 Å². The van der Waals surface area contributed by atoms with Gasteiger partial charge in [-0.1, -0.05) is 0 Å². The summed E-state index contributed by atoms with van der Waals surface area (Å²) in [5, 5.41) is 7.74. The van der Waals surface area contributed by atoms with E-state index in [2.05, 4.69) is 68.2 Å². The Hall–Kier alpha value is -2.97. The Morgan fingerprint density at radius 1 is 0.968 bits per heavy atom. The predicted molar refractivity (Wildman–Crippen MR) is 126 cm³/mol. The minimum absolute atomic E-state index is 0.497. The second-order valence-electron chi connectivity index (χ2n) is 8.42. The summed E-state index contributed by atoms with van der Waals surface area (Å²) in [6.07, 6.45) is 4.22. The van der Waals surface area contributed by atoms with Crippen molar-refractivity contribution in [2.24, 2.45) is 0 Å². The van der Waals surface area contributed by atoms with Crippen molar-refractivity contribution in [3.63, 3.8) is 0 Å². The van der Waals surface area contributed by atoms with Crippen molar-refractivity contribution in [2.45, 2.75) is 18.9 Å². The monoisotopic (exact) mass is 431 g/mol. The number of piperazine rings is 1. The van der Waals surface area contributed by atoms with Crippen LogP contribution in [-0.4, -0.2) is 63.7 Å². The van der Waals surface area contributed by atoms with E-state index in [1.54, 1.807) is 11.3 Å². The Morgan fingerprint density at radius 3 is 2.48 bits per heavy atom. The van der Waals surface area contributed by atoms with Crippen LogP contribution in [0.3, 0.4) is 0 Å². The van der Waals surface area contributed by atoms with Crippen LogP contribution in [0.4, 0.5) is 11.5 Å². The summed E-state index contributed by atoms with van der Waals surface area (Å²) in [7, 11) is 2.18. The van der Waals surface area contributed by atoms with E-state index in [1.807, 2.05) is 10.9 Å². The van der Waals surface area contributed by atoms with Crippen molar-refractivity contribution < 1.29 is 0 Å². The normalized spacial score (nSPS) is 17.4. The average Bonchev–Trinajstić information content (AvgIpc) is 3.26. The molecule has 0 bridgehead atoms. The zero-order valence-electron chi connectivity index (χ0n) is 17.5. The maximum Gasteiger partial charge on any atom is 0.170 e. The van der Waals surface area contributed by atoms with E-state index in [0.29, 0.717) is 6.04 Å². The summed E-state index contributed by atoms with van der Waals surface area (Å²) in [6, 6.07) is 11.3. The molecule has 7 nitrogen and oxygen atoms in total. The third-order valence-corrected chi connectivity index (χ3v) is 6.76. The van der Waals surface area contributed by atoms with E-state index in [4.69, 9.17) is 9.97 Å².